The molecule has 2 amide bonds. The Kier molecular flexibility index (Phi) is 10.7. The van der Waals surface area contributed by atoms with Crippen LogP contribution in [0.2, 0.25) is 0 Å². The van der Waals surface area contributed by atoms with Crippen LogP contribution in [0.1, 0.15) is 45.4 Å². The first kappa shape index (κ1) is 17.5. The average Bonchev–Trinajstić information content (AvgIpc) is 2.43. The minimum atomic E-state index is -0.407. The minimum absolute atomic E-state index is 0.144. The summed E-state index contributed by atoms with van der Waals surface area (Å²) >= 11 is 0. The van der Waals surface area contributed by atoms with Gasteiger partial charge < -0.3 is 20.1 Å². The molecule has 112 valence electrons. The maximum absolute atomic E-state index is 11.2. The number of amides is 2. The maximum atomic E-state index is 11.2. The van der Waals surface area contributed by atoms with Crippen molar-refractivity contribution in [3.63, 3.8) is 0 Å². The van der Waals surface area contributed by atoms with Crippen molar-refractivity contribution in [2.75, 3.05) is 20.8 Å². The second kappa shape index (κ2) is 11.6. The molecule has 1 atom stereocenters. The number of hydrogen-bond donors (Lipinski definition) is 2. The van der Waals surface area contributed by atoms with Crippen molar-refractivity contribution in [2.45, 2.75) is 51.5 Å². The van der Waals surface area contributed by atoms with Gasteiger partial charge in [0.1, 0.15) is 0 Å². The third-order valence-corrected chi connectivity index (χ3v) is 2.85. The highest BCUT2D eigenvalue weighted by molar-refractivity contribution is 5.67. The monoisotopic (exact) mass is 274 g/mol. The van der Waals surface area contributed by atoms with Gasteiger partial charge in [-0.3, -0.25) is 0 Å². The van der Waals surface area contributed by atoms with Crippen LogP contribution in [-0.2, 0) is 9.47 Å². The van der Waals surface area contributed by atoms with Crippen molar-refractivity contribution in [2.24, 2.45) is 0 Å². The standard InChI is InChI=1S/C13H26N2O4/c1-4-5-8-11(15-13(17)19-3)9-6-7-10-14-12(16)18-2/h11H,4-10H2,1-3H3,(H,14,16)(H,15,17). The Morgan fingerprint density at radius 2 is 1.63 bits per heavy atom. The Bertz CT molecular complexity index is 259. The smallest absolute Gasteiger partial charge is 0.407 e. The lowest BCUT2D eigenvalue weighted by Gasteiger charge is -2.17. The SMILES string of the molecule is CCCCC(CCCCNC(=O)OC)NC(=O)OC. The highest BCUT2D eigenvalue weighted by atomic mass is 16.5. The number of methoxy groups -OCH3 is 2. The summed E-state index contributed by atoms with van der Waals surface area (Å²) in [5.41, 5.74) is 0. The van der Waals surface area contributed by atoms with Crippen molar-refractivity contribution >= 4 is 12.2 Å². The van der Waals surface area contributed by atoms with Crippen LogP contribution in [0.15, 0.2) is 0 Å². The molecule has 0 aliphatic carbocycles. The van der Waals surface area contributed by atoms with Crippen LogP contribution in [-0.4, -0.2) is 39.0 Å². The summed E-state index contributed by atoms with van der Waals surface area (Å²) in [6.45, 7) is 2.71. The van der Waals surface area contributed by atoms with E-state index >= 15 is 0 Å². The number of nitrogens with one attached hydrogen (secondary N) is 2. The van der Waals surface area contributed by atoms with E-state index in [-0.39, 0.29) is 12.1 Å². The molecule has 0 spiro atoms. The lowest BCUT2D eigenvalue weighted by atomic mass is 10.0. The second-order valence-electron chi connectivity index (χ2n) is 4.39. The summed E-state index contributed by atoms with van der Waals surface area (Å²) in [6, 6.07) is 0.144. The van der Waals surface area contributed by atoms with E-state index in [2.05, 4.69) is 27.0 Å². The molecule has 1 unspecified atom stereocenters. The first-order valence-electron chi connectivity index (χ1n) is 6.80. The number of ether oxygens (including phenoxy) is 2. The molecule has 0 aromatic heterocycles. The molecule has 6 nitrogen and oxygen atoms in total. The molecular formula is C13H26N2O4. The van der Waals surface area contributed by atoms with Gasteiger partial charge >= 0.3 is 12.2 Å². The van der Waals surface area contributed by atoms with Crippen LogP contribution >= 0.6 is 0 Å². The Morgan fingerprint density at radius 3 is 2.21 bits per heavy atom. The first-order chi connectivity index (χ1) is 9.13. The fourth-order valence-corrected chi connectivity index (χ4v) is 1.74. The molecule has 0 saturated carbocycles. The molecule has 0 rings (SSSR count). The van der Waals surface area contributed by atoms with E-state index in [4.69, 9.17) is 0 Å². The maximum Gasteiger partial charge on any atom is 0.407 e. The first-order valence-corrected chi connectivity index (χ1v) is 6.80. The van der Waals surface area contributed by atoms with Crippen LogP contribution in [0.4, 0.5) is 9.59 Å². The Morgan fingerprint density at radius 1 is 1.00 bits per heavy atom. The zero-order valence-corrected chi connectivity index (χ0v) is 12.2. The van der Waals surface area contributed by atoms with E-state index < -0.39 is 6.09 Å². The van der Waals surface area contributed by atoms with Gasteiger partial charge in [-0.15, -0.1) is 0 Å². The van der Waals surface area contributed by atoms with Crippen molar-refractivity contribution in [3.05, 3.63) is 0 Å². The molecule has 0 fully saturated rings. The quantitative estimate of drug-likeness (QED) is 0.633. The summed E-state index contributed by atoms with van der Waals surface area (Å²) in [6.07, 6.45) is 5.03. The molecule has 0 saturated heterocycles. The van der Waals surface area contributed by atoms with Gasteiger partial charge in [-0.25, -0.2) is 9.59 Å². The molecule has 0 aliphatic heterocycles. The lowest BCUT2D eigenvalue weighted by Crippen LogP contribution is -2.34. The molecule has 0 bridgehead atoms. The third kappa shape index (κ3) is 10.2. The van der Waals surface area contributed by atoms with E-state index in [1.165, 1.54) is 14.2 Å². The normalized spacial score (nSPS) is 11.5. The summed E-state index contributed by atoms with van der Waals surface area (Å²) in [5.74, 6) is 0. The van der Waals surface area contributed by atoms with Gasteiger partial charge in [-0.2, -0.15) is 0 Å². The Labute approximate surface area is 115 Å². The lowest BCUT2D eigenvalue weighted by molar-refractivity contribution is 0.164. The van der Waals surface area contributed by atoms with Crippen LogP contribution in [0.5, 0.6) is 0 Å². The predicted molar refractivity (Wildman–Crippen MR) is 73.1 cm³/mol. The largest absolute Gasteiger partial charge is 0.453 e. The topological polar surface area (TPSA) is 76.7 Å². The fourth-order valence-electron chi connectivity index (χ4n) is 1.74. The summed E-state index contributed by atoms with van der Waals surface area (Å²) in [4.78, 5) is 22.0. The molecular weight excluding hydrogens is 248 g/mol. The van der Waals surface area contributed by atoms with Gasteiger partial charge in [0.05, 0.1) is 14.2 Å². The highest BCUT2D eigenvalue weighted by Gasteiger charge is 2.11. The van der Waals surface area contributed by atoms with Crippen molar-refractivity contribution in [1.82, 2.24) is 10.6 Å². The molecule has 0 radical (unpaired) electrons. The van der Waals surface area contributed by atoms with Gasteiger partial charge in [-0.1, -0.05) is 19.8 Å². The molecule has 0 aromatic rings. The fraction of sp³-hybridized carbons (Fsp3) is 0.846. The molecule has 6 heteroatoms. The number of hydrogen-bond acceptors (Lipinski definition) is 4. The minimum Gasteiger partial charge on any atom is -0.453 e. The van der Waals surface area contributed by atoms with E-state index in [1.807, 2.05) is 0 Å². The van der Waals surface area contributed by atoms with Crippen molar-refractivity contribution in [1.29, 1.82) is 0 Å². The summed E-state index contributed by atoms with van der Waals surface area (Å²) in [7, 11) is 2.71. The van der Waals surface area contributed by atoms with E-state index in [0.717, 1.165) is 38.5 Å². The number of carbonyl (C=O) groups excluding carboxylic acids is 2. The Balaban J connectivity index is 3.78. The number of rotatable bonds is 9. The summed E-state index contributed by atoms with van der Waals surface area (Å²) in [5, 5.41) is 5.47. The Hall–Kier alpha value is -1.46. The van der Waals surface area contributed by atoms with Crippen molar-refractivity contribution in [3.8, 4) is 0 Å². The van der Waals surface area contributed by atoms with Crippen LogP contribution in [0, 0.1) is 0 Å². The zero-order valence-electron chi connectivity index (χ0n) is 12.2. The van der Waals surface area contributed by atoms with Gasteiger partial charge in [0.2, 0.25) is 0 Å². The van der Waals surface area contributed by atoms with Gasteiger partial charge in [0.15, 0.2) is 0 Å². The third-order valence-electron chi connectivity index (χ3n) is 2.85. The summed E-state index contributed by atoms with van der Waals surface area (Å²) < 4.78 is 9.09. The predicted octanol–water partition coefficient (Wildman–Crippen LogP) is 2.43. The van der Waals surface area contributed by atoms with Gasteiger partial charge in [-0.05, 0) is 25.7 Å². The van der Waals surface area contributed by atoms with E-state index in [1.54, 1.807) is 0 Å². The van der Waals surface area contributed by atoms with Crippen molar-refractivity contribution < 1.29 is 19.1 Å². The van der Waals surface area contributed by atoms with Gasteiger partial charge in [0, 0.05) is 12.6 Å². The van der Waals surface area contributed by atoms with E-state index in [9.17, 15) is 9.59 Å². The molecule has 0 aromatic carbocycles. The average molecular weight is 274 g/mol. The number of alkyl carbamates (subject to hydrolysis) is 2. The zero-order chi connectivity index (χ0) is 14.5. The molecule has 0 heterocycles. The molecule has 0 aliphatic rings. The van der Waals surface area contributed by atoms with Crippen LogP contribution in [0.25, 0.3) is 0 Å². The number of unbranched alkanes of at least 4 members (excludes halogenated alkanes) is 2. The van der Waals surface area contributed by atoms with E-state index in [0.29, 0.717) is 6.54 Å². The molecule has 2 N–H and O–H groups in total. The highest BCUT2D eigenvalue weighted by Crippen LogP contribution is 2.08. The second-order valence-corrected chi connectivity index (χ2v) is 4.39. The van der Waals surface area contributed by atoms with Crippen LogP contribution < -0.4 is 10.6 Å². The van der Waals surface area contributed by atoms with Gasteiger partial charge in [0.25, 0.3) is 0 Å². The number of carbonyl (C=O) groups is 2. The van der Waals surface area contributed by atoms with Crippen LogP contribution in [0.3, 0.4) is 0 Å². The molecule has 19 heavy (non-hydrogen) atoms.